The third kappa shape index (κ3) is 4.38. The van der Waals surface area contributed by atoms with Gasteiger partial charge in [-0.05, 0) is 86.3 Å². The van der Waals surface area contributed by atoms with Crippen molar-refractivity contribution in [3.05, 3.63) is 59.2 Å². The van der Waals surface area contributed by atoms with Crippen LogP contribution in [-0.2, 0) is 14.8 Å². The molecule has 3 aliphatic rings. The second-order valence-corrected chi connectivity index (χ2v) is 11.4. The molecule has 2 aliphatic carbocycles. The summed E-state index contributed by atoms with van der Waals surface area (Å²) in [6, 6.07) is 12.6. The van der Waals surface area contributed by atoms with Crippen molar-refractivity contribution in [2.75, 3.05) is 10.8 Å². The third-order valence-electron chi connectivity index (χ3n) is 7.11. The topological polar surface area (TPSA) is 83.9 Å². The van der Waals surface area contributed by atoms with Gasteiger partial charge in [0, 0.05) is 6.42 Å². The number of sulfonamides is 1. The van der Waals surface area contributed by atoms with E-state index in [0.717, 1.165) is 23.5 Å². The molecule has 0 aromatic heterocycles. The highest BCUT2D eigenvalue weighted by atomic mass is 32.2. The summed E-state index contributed by atoms with van der Waals surface area (Å²) in [5.74, 6) is 1.01. The molecule has 1 aliphatic heterocycles. The average Bonchev–Trinajstić information content (AvgIpc) is 3.40. The molecule has 0 amide bonds. The molecular weight excluding hydrogens is 438 g/mol. The molecule has 0 saturated heterocycles. The minimum absolute atomic E-state index is 0.0783. The normalized spacial score (nSPS) is 25.2. The number of aliphatic carboxylic acids is 1. The first-order chi connectivity index (χ1) is 15.8. The van der Waals surface area contributed by atoms with Crippen molar-refractivity contribution in [1.82, 2.24) is 0 Å². The minimum atomic E-state index is -3.84. The van der Waals surface area contributed by atoms with Crippen LogP contribution in [0.5, 0.6) is 5.75 Å². The number of carbonyl (C=O) groups is 1. The second-order valence-electron chi connectivity index (χ2n) is 9.55. The molecule has 1 N–H and O–H groups in total. The summed E-state index contributed by atoms with van der Waals surface area (Å²) < 4.78 is 34.8. The van der Waals surface area contributed by atoms with Crippen molar-refractivity contribution in [3.8, 4) is 5.75 Å². The van der Waals surface area contributed by atoms with Gasteiger partial charge in [-0.15, -0.1) is 0 Å². The van der Waals surface area contributed by atoms with Gasteiger partial charge in [0.1, 0.15) is 11.9 Å². The zero-order valence-corrected chi connectivity index (χ0v) is 19.6. The van der Waals surface area contributed by atoms with E-state index >= 15 is 0 Å². The van der Waals surface area contributed by atoms with Crippen LogP contribution in [0.4, 0.5) is 5.69 Å². The van der Waals surface area contributed by atoms with Crippen LogP contribution in [0.25, 0.3) is 6.08 Å². The summed E-state index contributed by atoms with van der Waals surface area (Å²) in [5, 5.41) is 9.10. The fourth-order valence-corrected chi connectivity index (χ4v) is 7.08. The second kappa shape index (κ2) is 8.52. The lowest BCUT2D eigenvalue weighted by molar-refractivity contribution is -0.137. The number of nitrogens with zero attached hydrogens (tertiary/aromatic N) is 1. The van der Waals surface area contributed by atoms with Gasteiger partial charge in [0.05, 0.1) is 17.1 Å². The number of anilines is 1. The van der Waals surface area contributed by atoms with E-state index in [4.69, 9.17) is 9.84 Å². The lowest BCUT2D eigenvalue weighted by Gasteiger charge is -2.35. The van der Waals surface area contributed by atoms with Gasteiger partial charge >= 0.3 is 5.97 Å². The summed E-state index contributed by atoms with van der Waals surface area (Å²) in [4.78, 5) is 11.3. The number of carboxylic acid groups (broad SMARTS) is 1. The first-order valence-corrected chi connectivity index (χ1v) is 13.1. The molecule has 2 aromatic carbocycles. The summed E-state index contributed by atoms with van der Waals surface area (Å²) >= 11 is 0. The minimum Gasteiger partial charge on any atom is -0.486 e. The monoisotopic (exact) mass is 467 g/mol. The lowest BCUT2D eigenvalue weighted by Crippen LogP contribution is -2.43. The van der Waals surface area contributed by atoms with Gasteiger partial charge in [-0.1, -0.05) is 29.8 Å². The molecular formula is C26H29NO5S. The maximum atomic E-state index is 13.7. The van der Waals surface area contributed by atoms with Crippen molar-refractivity contribution in [2.45, 2.75) is 56.4 Å². The fourth-order valence-electron chi connectivity index (χ4n) is 5.47. The van der Waals surface area contributed by atoms with Crippen LogP contribution < -0.4 is 9.04 Å². The predicted molar refractivity (Wildman–Crippen MR) is 127 cm³/mol. The molecule has 2 saturated carbocycles. The SMILES string of the molecule is Cc1cccc(S(=O)(=O)N2C[C@H](CCC(=O)O)Oc3ccc(/C=C4\CC5CCC4C5)cc32)c1. The molecule has 2 bridgehead atoms. The van der Waals surface area contributed by atoms with Crippen molar-refractivity contribution in [2.24, 2.45) is 11.8 Å². The Morgan fingerprint density at radius 1 is 1.21 bits per heavy atom. The number of hydrogen-bond acceptors (Lipinski definition) is 4. The van der Waals surface area contributed by atoms with Crippen LogP contribution >= 0.6 is 0 Å². The van der Waals surface area contributed by atoms with Gasteiger partial charge in [-0.2, -0.15) is 0 Å². The van der Waals surface area contributed by atoms with E-state index in [-0.39, 0.29) is 24.3 Å². The zero-order chi connectivity index (χ0) is 23.2. The molecule has 6 nitrogen and oxygen atoms in total. The van der Waals surface area contributed by atoms with E-state index < -0.39 is 22.1 Å². The molecule has 174 valence electrons. The summed E-state index contributed by atoms with van der Waals surface area (Å²) in [6.45, 7) is 1.95. The number of allylic oxidation sites excluding steroid dienone is 1. The lowest BCUT2D eigenvalue weighted by atomic mass is 9.93. The van der Waals surface area contributed by atoms with E-state index in [1.54, 1.807) is 18.2 Å². The fraction of sp³-hybridized carbons (Fsp3) is 0.423. The molecule has 2 aromatic rings. The van der Waals surface area contributed by atoms with Crippen LogP contribution in [0.15, 0.2) is 52.9 Å². The van der Waals surface area contributed by atoms with Gasteiger partial charge in [0.15, 0.2) is 0 Å². The smallest absolute Gasteiger partial charge is 0.303 e. The first kappa shape index (κ1) is 22.0. The number of aryl methyl sites for hydroxylation is 1. The Kier molecular flexibility index (Phi) is 5.69. The van der Waals surface area contributed by atoms with Crippen LogP contribution in [0.3, 0.4) is 0 Å². The Hall–Kier alpha value is -2.80. The van der Waals surface area contributed by atoms with Crippen LogP contribution in [0, 0.1) is 18.8 Å². The maximum Gasteiger partial charge on any atom is 0.303 e. The molecule has 5 rings (SSSR count). The quantitative estimate of drug-likeness (QED) is 0.645. The molecule has 2 fully saturated rings. The van der Waals surface area contributed by atoms with E-state index in [2.05, 4.69) is 6.08 Å². The standard InChI is InChI=1S/C26H29NO5S/c1-17-3-2-4-23(11-17)33(30,31)27-16-22(8-10-26(28)29)32-25-9-6-19(15-24(25)27)14-21-13-18-5-7-20(21)12-18/h2-4,6,9,11,14-15,18,20,22H,5,7-8,10,12-13,16H2,1H3,(H,28,29)/b21-14+/t18?,20?,22-/m0/s1. The Labute approximate surface area is 194 Å². The summed E-state index contributed by atoms with van der Waals surface area (Å²) in [6.07, 6.45) is 6.85. The number of carboxylic acids is 1. The van der Waals surface area contributed by atoms with Gasteiger partial charge in [-0.25, -0.2) is 8.42 Å². The molecule has 1 heterocycles. The number of rotatable bonds is 6. The Bertz CT molecular complexity index is 1220. The Morgan fingerprint density at radius 2 is 2.06 bits per heavy atom. The maximum absolute atomic E-state index is 13.7. The van der Waals surface area contributed by atoms with Crippen molar-refractivity contribution in [1.29, 1.82) is 0 Å². The molecule has 7 heteroatoms. The highest BCUT2D eigenvalue weighted by Gasteiger charge is 2.36. The number of ether oxygens (including phenoxy) is 1. The number of benzene rings is 2. The van der Waals surface area contributed by atoms with E-state index in [9.17, 15) is 13.2 Å². The van der Waals surface area contributed by atoms with E-state index in [0.29, 0.717) is 17.4 Å². The van der Waals surface area contributed by atoms with E-state index in [1.165, 1.54) is 29.1 Å². The van der Waals surface area contributed by atoms with Gasteiger partial charge in [0.2, 0.25) is 0 Å². The van der Waals surface area contributed by atoms with Gasteiger partial charge in [0.25, 0.3) is 10.0 Å². The number of hydrogen-bond donors (Lipinski definition) is 1. The Morgan fingerprint density at radius 3 is 2.76 bits per heavy atom. The molecule has 0 spiro atoms. The van der Waals surface area contributed by atoms with Crippen LogP contribution in [-0.4, -0.2) is 32.1 Å². The summed E-state index contributed by atoms with van der Waals surface area (Å²) in [5.41, 5.74) is 3.83. The largest absolute Gasteiger partial charge is 0.486 e. The molecule has 3 atom stereocenters. The molecule has 2 unspecified atom stereocenters. The van der Waals surface area contributed by atoms with Crippen LogP contribution in [0.2, 0.25) is 0 Å². The highest BCUT2D eigenvalue weighted by molar-refractivity contribution is 7.92. The zero-order valence-electron chi connectivity index (χ0n) is 18.7. The van der Waals surface area contributed by atoms with Gasteiger partial charge in [-0.3, -0.25) is 9.10 Å². The van der Waals surface area contributed by atoms with Crippen LogP contribution in [0.1, 0.15) is 49.7 Å². The first-order valence-electron chi connectivity index (χ1n) is 11.6. The number of fused-ring (bicyclic) bond motifs is 3. The average molecular weight is 468 g/mol. The summed E-state index contributed by atoms with van der Waals surface area (Å²) in [7, 11) is -3.84. The predicted octanol–water partition coefficient (Wildman–Crippen LogP) is 5.02. The Balaban J connectivity index is 1.52. The van der Waals surface area contributed by atoms with Crippen molar-refractivity contribution in [3.63, 3.8) is 0 Å². The van der Waals surface area contributed by atoms with Crippen molar-refractivity contribution < 1.29 is 23.1 Å². The highest BCUT2D eigenvalue weighted by Crippen LogP contribution is 2.49. The third-order valence-corrected chi connectivity index (χ3v) is 8.89. The van der Waals surface area contributed by atoms with E-state index in [1.807, 2.05) is 31.2 Å². The van der Waals surface area contributed by atoms with Crippen molar-refractivity contribution >= 4 is 27.8 Å². The molecule has 33 heavy (non-hydrogen) atoms. The molecule has 0 radical (unpaired) electrons. The van der Waals surface area contributed by atoms with Gasteiger partial charge < -0.3 is 9.84 Å².